The summed E-state index contributed by atoms with van der Waals surface area (Å²) >= 11 is 1.45. The number of benzene rings is 1. The number of piperazine rings is 1. The van der Waals surface area contributed by atoms with Crippen molar-refractivity contribution in [1.82, 2.24) is 14.7 Å². The van der Waals surface area contributed by atoms with E-state index >= 15 is 0 Å². The number of thiophene rings is 1. The van der Waals surface area contributed by atoms with E-state index in [-0.39, 0.29) is 17.9 Å². The largest absolute Gasteiger partial charge is 0.486 e. The highest BCUT2D eigenvalue weighted by Crippen LogP contribution is 2.31. The Labute approximate surface area is 180 Å². The predicted octanol–water partition coefficient (Wildman–Crippen LogP) is 2.19. The number of hydrogen-bond acceptors (Lipinski definition) is 6. The molecule has 2 amide bonds. The van der Waals surface area contributed by atoms with Gasteiger partial charge in [-0.1, -0.05) is 25.1 Å². The minimum Gasteiger partial charge on any atom is -0.486 e. The smallest absolute Gasteiger partial charge is 0.264 e. The summed E-state index contributed by atoms with van der Waals surface area (Å²) in [5, 5.41) is 1.91. The normalized spacial score (nSPS) is 18.5. The number of rotatable bonds is 6. The summed E-state index contributed by atoms with van der Waals surface area (Å²) in [6.07, 6.45) is -0.104. The summed E-state index contributed by atoms with van der Waals surface area (Å²) in [4.78, 5) is 31.8. The summed E-state index contributed by atoms with van der Waals surface area (Å²) in [6, 6.07) is 11.4. The average molecular weight is 430 g/mol. The van der Waals surface area contributed by atoms with Crippen LogP contribution in [0, 0.1) is 0 Å². The van der Waals surface area contributed by atoms with E-state index in [1.54, 1.807) is 0 Å². The first-order valence-electron chi connectivity index (χ1n) is 10.4. The Kier molecular flexibility index (Phi) is 6.54. The van der Waals surface area contributed by atoms with Gasteiger partial charge in [0.2, 0.25) is 5.91 Å². The summed E-state index contributed by atoms with van der Waals surface area (Å²) in [5.41, 5.74) is 0. The van der Waals surface area contributed by atoms with Gasteiger partial charge < -0.3 is 19.3 Å². The van der Waals surface area contributed by atoms with E-state index in [2.05, 4.69) is 4.90 Å². The molecule has 0 spiro atoms. The van der Waals surface area contributed by atoms with E-state index in [9.17, 15) is 9.59 Å². The molecule has 1 atom stereocenters. The second-order valence-electron chi connectivity index (χ2n) is 7.48. The van der Waals surface area contributed by atoms with Gasteiger partial charge in [0.1, 0.15) is 12.7 Å². The Balaban J connectivity index is 1.25. The number of para-hydroxylation sites is 2. The highest BCUT2D eigenvalue weighted by Gasteiger charge is 2.28. The molecule has 0 saturated carbocycles. The average Bonchev–Trinajstić information content (AvgIpc) is 3.33. The Morgan fingerprint density at radius 3 is 2.50 bits per heavy atom. The lowest BCUT2D eigenvalue weighted by atomic mass is 10.2. The molecule has 2 aliphatic heterocycles. The first-order chi connectivity index (χ1) is 14.6. The Morgan fingerprint density at radius 2 is 1.80 bits per heavy atom. The van der Waals surface area contributed by atoms with Gasteiger partial charge in [0.25, 0.3) is 5.91 Å². The molecule has 2 aromatic rings. The molecule has 0 aliphatic carbocycles. The fourth-order valence-electron chi connectivity index (χ4n) is 3.75. The van der Waals surface area contributed by atoms with Gasteiger partial charge in [-0.25, -0.2) is 0 Å². The molecule has 0 N–H and O–H groups in total. The SMILES string of the molecule is CCN(CC(=O)N1CCN(C(=O)c2cccs2)CC1)CC1COc2ccccc2O1. The fraction of sp³-hybridized carbons (Fsp3) is 0.455. The Hall–Kier alpha value is -2.58. The van der Waals surface area contributed by atoms with E-state index in [1.807, 2.05) is 58.5 Å². The molecule has 1 aromatic carbocycles. The molecule has 2 aliphatic rings. The summed E-state index contributed by atoms with van der Waals surface area (Å²) in [7, 11) is 0. The third kappa shape index (κ3) is 4.76. The Bertz CT molecular complexity index is 865. The predicted molar refractivity (Wildman–Crippen MR) is 115 cm³/mol. The maximum atomic E-state index is 12.8. The van der Waals surface area contributed by atoms with Gasteiger partial charge in [0.05, 0.1) is 11.4 Å². The van der Waals surface area contributed by atoms with Crippen LogP contribution in [0.15, 0.2) is 41.8 Å². The number of hydrogen-bond donors (Lipinski definition) is 0. The summed E-state index contributed by atoms with van der Waals surface area (Å²) in [5.74, 6) is 1.67. The van der Waals surface area contributed by atoms with Crippen LogP contribution in [0.3, 0.4) is 0 Å². The number of likely N-dealkylation sites (N-methyl/N-ethyl adjacent to an activating group) is 1. The van der Waals surface area contributed by atoms with Crippen LogP contribution in [0.1, 0.15) is 16.6 Å². The van der Waals surface area contributed by atoms with Crippen LogP contribution in [-0.4, -0.2) is 85.0 Å². The third-order valence-electron chi connectivity index (χ3n) is 5.49. The molecule has 1 aromatic heterocycles. The quantitative estimate of drug-likeness (QED) is 0.705. The molecular weight excluding hydrogens is 402 g/mol. The van der Waals surface area contributed by atoms with Gasteiger partial charge in [0.15, 0.2) is 11.5 Å². The molecule has 1 saturated heterocycles. The van der Waals surface area contributed by atoms with Crippen molar-refractivity contribution in [3.05, 3.63) is 46.7 Å². The number of carbonyl (C=O) groups is 2. The highest BCUT2D eigenvalue weighted by molar-refractivity contribution is 7.12. The molecule has 160 valence electrons. The minimum absolute atomic E-state index is 0.0574. The van der Waals surface area contributed by atoms with E-state index in [0.29, 0.717) is 45.9 Å². The van der Waals surface area contributed by atoms with Crippen LogP contribution in [0.4, 0.5) is 0 Å². The molecule has 3 heterocycles. The van der Waals surface area contributed by atoms with Crippen molar-refractivity contribution >= 4 is 23.2 Å². The van der Waals surface area contributed by atoms with Crippen LogP contribution in [0.25, 0.3) is 0 Å². The van der Waals surface area contributed by atoms with Crippen molar-refractivity contribution in [2.75, 3.05) is 52.4 Å². The number of nitrogens with zero attached hydrogens (tertiary/aromatic N) is 3. The summed E-state index contributed by atoms with van der Waals surface area (Å²) in [6.45, 7) is 6.55. The number of fused-ring (bicyclic) bond motifs is 1. The zero-order valence-electron chi connectivity index (χ0n) is 17.2. The lowest BCUT2D eigenvalue weighted by Crippen LogP contribution is -2.53. The van der Waals surface area contributed by atoms with E-state index in [4.69, 9.17) is 9.47 Å². The van der Waals surface area contributed by atoms with Gasteiger partial charge >= 0.3 is 0 Å². The molecule has 4 rings (SSSR count). The zero-order valence-corrected chi connectivity index (χ0v) is 18.0. The second-order valence-corrected chi connectivity index (χ2v) is 8.42. The van der Waals surface area contributed by atoms with Gasteiger partial charge in [-0.15, -0.1) is 11.3 Å². The first kappa shape index (κ1) is 20.7. The van der Waals surface area contributed by atoms with Crippen LogP contribution in [-0.2, 0) is 4.79 Å². The minimum atomic E-state index is -0.104. The molecule has 7 nitrogen and oxygen atoms in total. The third-order valence-corrected chi connectivity index (χ3v) is 6.34. The maximum absolute atomic E-state index is 12.8. The lowest BCUT2D eigenvalue weighted by molar-refractivity contribution is -0.134. The molecular formula is C22H27N3O4S. The molecule has 8 heteroatoms. The van der Waals surface area contributed by atoms with Crippen molar-refractivity contribution in [3.8, 4) is 11.5 Å². The van der Waals surface area contributed by atoms with Crippen LogP contribution < -0.4 is 9.47 Å². The van der Waals surface area contributed by atoms with Crippen LogP contribution >= 0.6 is 11.3 Å². The fourth-order valence-corrected chi connectivity index (χ4v) is 4.44. The number of ether oxygens (including phenoxy) is 2. The van der Waals surface area contributed by atoms with Crippen LogP contribution in [0.2, 0.25) is 0 Å². The van der Waals surface area contributed by atoms with Crippen molar-refractivity contribution in [3.63, 3.8) is 0 Å². The van der Waals surface area contributed by atoms with Crippen molar-refractivity contribution in [2.24, 2.45) is 0 Å². The standard InChI is InChI=1S/C22H27N3O4S/c1-2-23(14-17-16-28-18-6-3-4-7-19(18)29-17)15-21(26)24-9-11-25(12-10-24)22(27)20-8-5-13-30-20/h3-8,13,17H,2,9-12,14-16H2,1H3. The monoisotopic (exact) mass is 429 g/mol. The highest BCUT2D eigenvalue weighted by atomic mass is 32.1. The van der Waals surface area contributed by atoms with Gasteiger partial charge in [-0.2, -0.15) is 0 Å². The van der Waals surface area contributed by atoms with E-state index < -0.39 is 0 Å². The Morgan fingerprint density at radius 1 is 1.07 bits per heavy atom. The molecule has 1 unspecified atom stereocenters. The zero-order chi connectivity index (χ0) is 20.9. The molecule has 1 fully saturated rings. The van der Waals surface area contributed by atoms with Crippen LogP contribution in [0.5, 0.6) is 11.5 Å². The van der Waals surface area contributed by atoms with Gasteiger partial charge in [-0.05, 0) is 30.1 Å². The van der Waals surface area contributed by atoms with Crippen molar-refractivity contribution in [1.29, 1.82) is 0 Å². The second kappa shape index (κ2) is 9.49. The maximum Gasteiger partial charge on any atom is 0.264 e. The molecule has 30 heavy (non-hydrogen) atoms. The van der Waals surface area contributed by atoms with Gasteiger partial charge in [-0.3, -0.25) is 14.5 Å². The van der Waals surface area contributed by atoms with E-state index in [1.165, 1.54) is 11.3 Å². The molecule has 0 radical (unpaired) electrons. The topological polar surface area (TPSA) is 62.3 Å². The van der Waals surface area contributed by atoms with Gasteiger partial charge in [0, 0.05) is 32.7 Å². The van der Waals surface area contributed by atoms with Crippen molar-refractivity contribution in [2.45, 2.75) is 13.0 Å². The number of carbonyl (C=O) groups excluding carboxylic acids is 2. The first-order valence-corrected chi connectivity index (χ1v) is 11.2. The molecule has 0 bridgehead atoms. The summed E-state index contributed by atoms with van der Waals surface area (Å²) < 4.78 is 11.8. The van der Waals surface area contributed by atoms with E-state index in [0.717, 1.165) is 22.9 Å². The van der Waals surface area contributed by atoms with Crippen molar-refractivity contribution < 1.29 is 19.1 Å². The number of amides is 2. The lowest BCUT2D eigenvalue weighted by Gasteiger charge is -2.36.